The van der Waals surface area contributed by atoms with Gasteiger partial charge in [-0.1, -0.05) is 31.4 Å². The van der Waals surface area contributed by atoms with Crippen LogP contribution in [0.4, 0.5) is 5.69 Å². The van der Waals surface area contributed by atoms with Crippen LogP contribution in [0.15, 0.2) is 18.2 Å². The monoisotopic (exact) mass is 423 g/mol. The smallest absolute Gasteiger partial charge is 0.155 e. The number of ether oxygens (including phenoxy) is 1. The van der Waals surface area contributed by atoms with Gasteiger partial charge in [0.15, 0.2) is 9.84 Å². The quantitative estimate of drug-likeness (QED) is 0.505. The summed E-state index contributed by atoms with van der Waals surface area (Å²) in [5.74, 6) is 0.315. The molecule has 0 amide bonds. The molecule has 1 aliphatic heterocycles. The van der Waals surface area contributed by atoms with Gasteiger partial charge in [0.2, 0.25) is 0 Å². The summed E-state index contributed by atoms with van der Waals surface area (Å²) in [5.41, 5.74) is 4.07. The number of nitrogens with zero attached hydrogens (tertiary/aromatic N) is 1. The van der Waals surface area contributed by atoms with Gasteiger partial charge < -0.3 is 9.64 Å². The average Bonchev–Trinajstić information content (AvgIpc) is 2.59. The van der Waals surface area contributed by atoms with Crippen LogP contribution in [0.3, 0.4) is 0 Å². The van der Waals surface area contributed by atoms with Crippen LogP contribution in [0.1, 0.15) is 77.8 Å². The summed E-state index contributed by atoms with van der Waals surface area (Å²) < 4.78 is 29.5. The molecule has 1 heterocycles. The fraction of sp³-hybridized carbons (Fsp3) is 0.750. The van der Waals surface area contributed by atoms with Gasteiger partial charge in [-0.05, 0) is 78.0 Å². The normalized spacial score (nSPS) is 20.8. The van der Waals surface area contributed by atoms with Gasteiger partial charge in [-0.25, -0.2) is 8.42 Å². The zero-order valence-electron chi connectivity index (χ0n) is 19.3. The van der Waals surface area contributed by atoms with Gasteiger partial charge in [0.1, 0.15) is 0 Å². The van der Waals surface area contributed by atoms with Crippen molar-refractivity contribution in [1.29, 1.82) is 0 Å². The summed E-state index contributed by atoms with van der Waals surface area (Å²) in [6.45, 7) is 13.8. The molecule has 1 saturated heterocycles. The maximum absolute atomic E-state index is 12.1. The number of hydrogen-bond acceptors (Lipinski definition) is 4. The van der Waals surface area contributed by atoms with Crippen LogP contribution in [0.25, 0.3) is 0 Å². The molecule has 0 unspecified atom stereocenters. The molecule has 0 N–H and O–H groups in total. The summed E-state index contributed by atoms with van der Waals surface area (Å²) in [6.07, 6.45) is 6.86. The molecule has 0 aromatic heterocycles. The highest BCUT2D eigenvalue weighted by Crippen LogP contribution is 2.26. The van der Waals surface area contributed by atoms with Gasteiger partial charge in [-0.15, -0.1) is 0 Å². The van der Waals surface area contributed by atoms with E-state index < -0.39 is 14.6 Å². The van der Waals surface area contributed by atoms with Crippen LogP contribution in [-0.2, 0) is 21.0 Å². The summed E-state index contributed by atoms with van der Waals surface area (Å²) in [5, 5.41) is 0. The van der Waals surface area contributed by atoms with Crippen molar-refractivity contribution in [1.82, 2.24) is 0 Å². The average molecular weight is 424 g/mol. The van der Waals surface area contributed by atoms with E-state index in [2.05, 4.69) is 43.9 Å². The second-order valence-electron chi connectivity index (χ2n) is 9.73. The van der Waals surface area contributed by atoms with Crippen molar-refractivity contribution in [2.75, 3.05) is 23.7 Å². The molecular formula is C24H41NO3S. The highest BCUT2D eigenvalue weighted by molar-refractivity contribution is 7.92. The number of aryl methyl sites for hydroxylation is 2. The number of hydrogen-bond donors (Lipinski definition) is 0. The van der Waals surface area contributed by atoms with Gasteiger partial charge in [0.25, 0.3) is 0 Å². The Morgan fingerprint density at radius 2 is 1.59 bits per heavy atom. The second-order valence-corrected chi connectivity index (χ2v) is 12.6. The zero-order valence-corrected chi connectivity index (χ0v) is 20.1. The third kappa shape index (κ3) is 7.29. The lowest BCUT2D eigenvalue weighted by atomic mass is 10.0. The minimum absolute atomic E-state index is 0.274. The van der Waals surface area contributed by atoms with Crippen molar-refractivity contribution < 1.29 is 13.2 Å². The van der Waals surface area contributed by atoms with Crippen LogP contribution >= 0.6 is 0 Å². The molecule has 29 heavy (non-hydrogen) atoms. The van der Waals surface area contributed by atoms with Gasteiger partial charge in [0.05, 0.1) is 22.7 Å². The van der Waals surface area contributed by atoms with E-state index in [1.165, 1.54) is 16.8 Å². The number of morpholine rings is 1. The van der Waals surface area contributed by atoms with Crippen LogP contribution < -0.4 is 4.90 Å². The highest BCUT2D eigenvalue weighted by atomic mass is 32.2. The van der Waals surface area contributed by atoms with Gasteiger partial charge in [-0.2, -0.15) is 0 Å². The number of anilines is 1. The number of rotatable bonds is 9. The van der Waals surface area contributed by atoms with E-state index in [1.54, 1.807) is 20.8 Å². The molecule has 0 bridgehead atoms. The van der Waals surface area contributed by atoms with Crippen LogP contribution in [0.2, 0.25) is 0 Å². The van der Waals surface area contributed by atoms with Crippen molar-refractivity contribution in [3.8, 4) is 0 Å². The van der Waals surface area contributed by atoms with Gasteiger partial charge >= 0.3 is 0 Å². The topological polar surface area (TPSA) is 46.6 Å². The van der Waals surface area contributed by atoms with E-state index >= 15 is 0 Å². The van der Waals surface area contributed by atoms with E-state index in [9.17, 15) is 8.42 Å². The van der Waals surface area contributed by atoms with Crippen LogP contribution in [0.5, 0.6) is 0 Å². The molecule has 2 atom stereocenters. The fourth-order valence-corrected chi connectivity index (χ4v) is 5.26. The lowest BCUT2D eigenvalue weighted by molar-refractivity contribution is -0.00524. The van der Waals surface area contributed by atoms with Crippen molar-refractivity contribution in [3.63, 3.8) is 0 Å². The largest absolute Gasteiger partial charge is 0.372 e. The molecule has 5 heteroatoms. The fourth-order valence-electron chi connectivity index (χ4n) is 4.06. The van der Waals surface area contributed by atoms with E-state index in [4.69, 9.17) is 4.74 Å². The zero-order chi connectivity index (χ0) is 21.7. The molecule has 0 radical (unpaired) electrons. The first-order valence-electron chi connectivity index (χ1n) is 11.2. The predicted octanol–water partition coefficient (Wildman–Crippen LogP) is 5.31. The van der Waals surface area contributed by atoms with Gasteiger partial charge in [0, 0.05) is 18.8 Å². The summed E-state index contributed by atoms with van der Waals surface area (Å²) in [7, 11) is -2.97. The first-order chi connectivity index (χ1) is 13.5. The minimum Gasteiger partial charge on any atom is -0.372 e. The first kappa shape index (κ1) is 24.2. The molecular weight excluding hydrogens is 382 g/mol. The minimum atomic E-state index is -2.97. The highest BCUT2D eigenvalue weighted by Gasteiger charge is 2.28. The Hall–Kier alpha value is -1.07. The Balaban J connectivity index is 1.72. The van der Waals surface area contributed by atoms with Crippen molar-refractivity contribution >= 4 is 15.5 Å². The Bertz CT molecular complexity index is 742. The standard InChI is InChI=1S/C24H41NO3S/c1-19-16-22(13-14-23(19)25-17-20(2)28-21(3)18-25)12-10-8-7-9-11-15-29(26,27)24(4,5)6/h13-14,16,20-21H,7-12,15,17-18H2,1-6H3/t20-,21+. The van der Waals surface area contributed by atoms with E-state index in [-0.39, 0.29) is 12.2 Å². The molecule has 0 aliphatic carbocycles. The van der Waals surface area contributed by atoms with Crippen molar-refractivity contribution in [2.24, 2.45) is 0 Å². The molecule has 4 nitrogen and oxygen atoms in total. The molecule has 1 fully saturated rings. The second kappa shape index (κ2) is 10.3. The van der Waals surface area contributed by atoms with E-state index in [1.807, 2.05) is 0 Å². The third-order valence-corrected chi connectivity index (χ3v) is 8.53. The Kier molecular flexibility index (Phi) is 8.59. The van der Waals surface area contributed by atoms with Crippen molar-refractivity contribution in [2.45, 2.75) is 97.0 Å². The summed E-state index contributed by atoms with van der Waals surface area (Å²) in [6, 6.07) is 6.87. The Labute approximate surface area is 178 Å². The Morgan fingerprint density at radius 3 is 2.17 bits per heavy atom. The SMILES string of the molecule is Cc1cc(CCCCCCCS(=O)(=O)C(C)(C)C)ccc1N1C[C@@H](C)O[C@@H](C)C1. The molecule has 0 spiro atoms. The Morgan fingerprint density at radius 1 is 1.00 bits per heavy atom. The maximum atomic E-state index is 12.1. The maximum Gasteiger partial charge on any atom is 0.155 e. The van der Waals surface area contributed by atoms with E-state index in [0.717, 1.165) is 51.6 Å². The van der Waals surface area contributed by atoms with Gasteiger partial charge in [-0.3, -0.25) is 0 Å². The predicted molar refractivity (Wildman–Crippen MR) is 124 cm³/mol. The molecule has 2 rings (SSSR count). The van der Waals surface area contributed by atoms with E-state index in [0.29, 0.717) is 5.75 Å². The van der Waals surface area contributed by atoms with Crippen molar-refractivity contribution in [3.05, 3.63) is 29.3 Å². The number of benzene rings is 1. The number of sulfone groups is 1. The van der Waals surface area contributed by atoms with Crippen LogP contribution in [0, 0.1) is 6.92 Å². The molecule has 1 aromatic rings. The third-order valence-electron chi connectivity index (χ3n) is 5.83. The molecule has 1 aromatic carbocycles. The lowest BCUT2D eigenvalue weighted by Gasteiger charge is -2.37. The summed E-state index contributed by atoms with van der Waals surface area (Å²) in [4.78, 5) is 2.45. The van der Waals surface area contributed by atoms with Crippen LogP contribution in [-0.4, -0.2) is 44.2 Å². The lowest BCUT2D eigenvalue weighted by Crippen LogP contribution is -2.45. The molecule has 0 saturated carbocycles. The molecule has 1 aliphatic rings. The number of unbranched alkanes of at least 4 members (excludes halogenated alkanes) is 4. The first-order valence-corrected chi connectivity index (χ1v) is 12.9. The summed E-state index contributed by atoms with van der Waals surface area (Å²) >= 11 is 0. The molecule has 166 valence electrons.